The number of fused-ring (bicyclic) bond motifs is 1. The number of nitrogens with zero attached hydrogens (tertiary/aromatic N) is 3. The van der Waals surface area contributed by atoms with Gasteiger partial charge in [-0.1, -0.05) is 11.6 Å². The lowest BCUT2D eigenvalue weighted by atomic mass is 10.1. The molecule has 0 saturated carbocycles. The Morgan fingerprint density at radius 2 is 2.41 bits per heavy atom. The van der Waals surface area contributed by atoms with Crippen LogP contribution < -0.4 is 5.73 Å². The number of aromatic nitrogens is 4. The van der Waals surface area contributed by atoms with Crippen molar-refractivity contribution >= 4 is 22.8 Å². The summed E-state index contributed by atoms with van der Waals surface area (Å²) in [5, 5.41) is 9.06. The summed E-state index contributed by atoms with van der Waals surface area (Å²) in [7, 11) is 0. The standard InChI is InChI=1S/C10H12ClN5O/c1-5(3-17)2-6(12)7-8-9(14-4-13-8)16-10(11)15-7/h2,4,6,17H,3,12H2,1H3,(H,13,14,15,16). The van der Waals surface area contributed by atoms with E-state index in [-0.39, 0.29) is 11.9 Å². The SMILES string of the molecule is CC(=CC(N)c1nc(Cl)nc2nc[nH]c12)CO. The van der Waals surface area contributed by atoms with E-state index < -0.39 is 6.04 Å². The first-order valence-corrected chi connectivity index (χ1v) is 5.40. The highest BCUT2D eigenvalue weighted by Crippen LogP contribution is 2.20. The van der Waals surface area contributed by atoms with E-state index in [0.29, 0.717) is 16.9 Å². The van der Waals surface area contributed by atoms with Crippen molar-refractivity contribution in [1.29, 1.82) is 0 Å². The quantitative estimate of drug-likeness (QED) is 0.558. The van der Waals surface area contributed by atoms with Crippen molar-refractivity contribution in [1.82, 2.24) is 19.9 Å². The molecule has 0 aliphatic rings. The third-order valence-corrected chi connectivity index (χ3v) is 2.48. The number of hydrogen-bond donors (Lipinski definition) is 3. The van der Waals surface area contributed by atoms with E-state index in [1.165, 1.54) is 6.33 Å². The largest absolute Gasteiger partial charge is 0.392 e. The Kier molecular flexibility index (Phi) is 3.37. The van der Waals surface area contributed by atoms with E-state index in [1.807, 2.05) is 0 Å². The minimum absolute atomic E-state index is 0.0430. The predicted octanol–water partition coefficient (Wildman–Crippen LogP) is 0.945. The van der Waals surface area contributed by atoms with Gasteiger partial charge in [0.25, 0.3) is 0 Å². The van der Waals surface area contributed by atoms with Crippen LogP contribution in [0.4, 0.5) is 0 Å². The lowest BCUT2D eigenvalue weighted by Gasteiger charge is -2.08. The number of hydrogen-bond acceptors (Lipinski definition) is 5. The van der Waals surface area contributed by atoms with Gasteiger partial charge >= 0.3 is 0 Å². The zero-order valence-electron chi connectivity index (χ0n) is 9.18. The molecule has 0 saturated heterocycles. The number of aliphatic hydroxyl groups is 1. The van der Waals surface area contributed by atoms with E-state index in [1.54, 1.807) is 13.0 Å². The maximum absolute atomic E-state index is 8.96. The smallest absolute Gasteiger partial charge is 0.224 e. The molecule has 0 aliphatic heterocycles. The first kappa shape index (κ1) is 12.0. The monoisotopic (exact) mass is 253 g/mol. The second-order valence-corrected chi connectivity index (χ2v) is 4.01. The second-order valence-electron chi connectivity index (χ2n) is 3.68. The van der Waals surface area contributed by atoms with Gasteiger partial charge in [0.1, 0.15) is 5.52 Å². The van der Waals surface area contributed by atoms with Crippen LogP contribution in [0.25, 0.3) is 11.2 Å². The number of aromatic amines is 1. The minimum Gasteiger partial charge on any atom is -0.392 e. The molecule has 2 rings (SSSR count). The van der Waals surface area contributed by atoms with Gasteiger partial charge in [-0.2, -0.15) is 4.98 Å². The lowest BCUT2D eigenvalue weighted by Crippen LogP contribution is -2.12. The van der Waals surface area contributed by atoms with Crippen molar-refractivity contribution in [2.24, 2.45) is 5.73 Å². The van der Waals surface area contributed by atoms with E-state index in [4.69, 9.17) is 22.4 Å². The zero-order valence-corrected chi connectivity index (χ0v) is 9.94. The van der Waals surface area contributed by atoms with E-state index in [2.05, 4.69) is 19.9 Å². The number of H-pyrrole nitrogens is 1. The number of imidazole rings is 1. The summed E-state index contributed by atoms with van der Waals surface area (Å²) in [6.45, 7) is 1.74. The summed E-state index contributed by atoms with van der Waals surface area (Å²) in [6.07, 6.45) is 3.23. The maximum Gasteiger partial charge on any atom is 0.224 e. The topological polar surface area (TPSA) is 101 Å². The second kappa shape index (κ2) is 4.79. The van der Waals surface area contributed by atoms with Gasteiger partial charge in [0.05, 0.1) is 24.7 Å². The highest BCUT2D eigenvalue weighted by molar-refractivity contribution is 6.28. The molecule has 2 aromatic rings. The van der Waals surface area contributed by atoms with E-state index in [9.17, 15) is 0 Å². The normalized spacial score (nSPS) is 14.2. The molecular formula is C10H12ClN5O. The molecule has 0 spiro atoms. The van der Waals surface area contributed by atoms with Gasteiger partial charge in [0.2, 0.25) is 5.28 Å². The van der Waals surface area contributed by atoms with Gasteiger partial charge in [0, 0.05) is 0 Å². The van der Waals surface area contributed by atoms with Gasteiger partial charge in [0.15, 0.2) is 5.65 Å². The lowest BCUT2D eigenvalue weighted by molar-refractivity contribution is 0.330. The molecule has 1 unspecified atom stereocenters. The van der Waals surface area contributed by atoms with Crippen LogP contribution in [0.15, 0.2) is 18.0 Å². The Morgan fingerprint density at radius 3 is 3.12 bits per heavy atom. The fraction of sp³-hybridized carbons (Fsp3) is 0.300. The Bertz CT molecular complexity index is 565. The highest BCUT2D eigenvalue weighted by Gasteiger charge is 2.14. The third kappa shape index (κ3) is 2.44. The summed E-state index contributed by atoms with van der Waals surface area (Å²) in [6, 6.07) is -0.467. The van der Waals surface area contributed by atoms with E-state index in [0.717, 1.165) is 5.57 Å². The third-order valence-electron chi connectivity index (χ3n) is 2.32. The number of rotatable bonds is 3. The maximum atomic E-state index is 8.96. The van der Waals surface area contributed by atoms with Crippen LogP contribution in [0.1, 0.15) is 18.7 Å². The number of halogens is 1. The molecule has 7 heteroatoms. The molecule has 6 nitrogen and oxygen atoms in total. The molecule has 0 amide bonds. The van der Waals surface area contributed by atoms with Crippen LogP contribution in [0.3, 0.4) is 0 Å². The molecule has 0 aliphatic carbocycles. The first-order chi connectivity index (χ1) is 8.11. The number of aliphatic hydroxyl groups excluding tert-OH is 1. The van der Waals surface area contributed by atoms with Crippen molar-refractivity contribution in [3.8, 4) is 0 Å². The van der Waals surface area contributed by atoms with Crippen LogP contribution in [-0.4, -0.2) is 31.6 Å². The average molecular weight is 254 g/mol. The summed E-state index contributed by atoms with van der Waals surface area (Å²) in [5.41, 5.74) is 8.44. The molecule has 0 aromatic carbocycles. The molecular weight excluding hydrogens is 242 g/mol. The molecule has 2 aromatic heterocycles. The molecule has 0 bridgehead atoms. The van der Waals surface area contributed by atoms with Crippen LogP contribution >= 0.6 is 11.6 Å². The molecule has 90 valence electrons. The molecule has 2 heterocycles. The number of nitrogens with one attached hydrogen (secondary N) is 1. The molecule has 0 radical (unpaired) electrons. The van der Waals surface area contributed by atoms with Gasteiger partial charge in [-0.15, -0.1) is 0 Å². The Labute approximate surface area is 103 Å². The van der Waals surface area contributed by atoms with Gasteiger partial charge < -0.3 is 15.8 Å². The van der Waals surface area contributed by atoms with Gasteiger partial charge in [-0.25, -0.2) is 9.97 Å². The first-order valence-electron chi connectivity index (χ1n) is 5.02. The van der Waals surface area contributed by atoms with Crippen LogP contribution in [0, 0.1) is 0 Å². The summed E-state index contributed by atoms with van der Waals surface area (Å²) < 4.78 is 0. The van der Waals surface area contributed by atoms with Crippen molar-refractivity contribution in [3.63, 3.8) is 0 Å². The number of nitrogens with two attached hydrogens (primary N) is 1. The van der Waals surface area contributed by atoms with E-state index >= 15 is 0 Å². The molecule has 0 fully saturated rings. The van der Waals surface area contributed by atoms with Crippen LogP contribution in [0.2, 0.25) is 5.28 Å². The van der Waals surface area contributed by atoms with Gasteiger partial charge in [-0.3, -0.25) is 0 Å². The van der Waals surface area contributed by atoms with Crippen molar-refractivity contribution < 1.29 is 5.11 Å². The van der Waals surface area contributed by atoms with Crippen LogP contribution in [0.5, 0.6) is 0 Å². The fourth-order valence-electron chi connectivity index (χ4n) is 1.51. The zero-order chi connectivity index (χ0) is 12.4. The average Bonchev–Trinajstić information content (AvgIpc) is 2.75. The van der Waals surface area contributed by atoms with Crippen molar-refractivity contribution in [2.75, 3.05) is 6.61 Å². The van der Waals surface area contributed by atoms with Crippen molar-refractivity contribution in [3.05, 3.63) is 29.0 Å². The Balaban J connectivity index is 2.50. The summed E-state index contributed by atoms with van der Waals surface area (Å²) in [5.74, 6) is 0. The fourth-order valence-corrected chi connectivity index (χ4v) is 1.68. The molecule has 1 atom stereocenters. The Morgan fingerprint density at radius 1 is 1.65 bits per heavy atom. The van der Waals surface area contributed by atoms with Crippen molar-refractivity contribution in [2.45, 2.75) is 13.0 Å². The Hall–Kier alpha value is -1.50. The summed E-state index contributed by atoms with van der Waals surface area (Å²) >= 11 is 5.79. The van der Waals surface area contributed by atoms with Crippen LogP contribution in [-0.2, 0) is 0 Å². The summed E-state index contributed by atoms with van der Waals surface area (Å²) in [4.78, 5) is 15.0. The molecule has 17 heavy (non-hydrogen) atoms. The predicted molar refractivity (Wildman–Crippen MR) is 64.5 cm³/mol. The molecule has 4 N–H and O–H groups in total. The highest BCUT2D eigenvalue weighted by atomic mass is 35.5. The minimum atomic E-state index is -0.467. The van der Waals surface area contributed by atoms with Gasteiger partial charge in [-0.05, 0) is 18.5 Å².